The van der Waals surface area contributed by atoms with E-state index < -0.39 is 5.91 Å². The number of nitrogens with two attached hydrogens (primary N) is 1. The van der Waals surface area contributed by atoms with Gasteiger partial charge >= 0.3 is 0 Å². The van der Waals surface area contributed by atoms with Crippen LogP contribution >= 0.6 is 0 Å². The molecule has 12 heavy (non-hydrogen) atoms. The molecule has 1 heterocycles. The first-order valence-electron chi connectivity index (χ1n) is 3.35. The fraction of sp³-hybridized carbons (Fsp3) is 0.143. The maximum absolute atomic E-state index is 11.1. The summed E-state index contributed by atoms with van der Waals surface area (Å²) < 4.78 is 0. The van der Waals surface area contributed by atoms with Crippen molar-refractivity contribution >= 4 is 5.91 Å². The second-order valence-corrected chi connectivity index (χ2v) is 2.37. The van der Waals surface area contributed by atoms with Gasteiger partial charge in [-0.05, 0) is 6.92 Å². The maximum atomic E-state index is 11.1. The number of nitrogen functional groups attached to an aromatic ring is 1. The molecule has 64 valence electrons. The van der Waals surface area contributed by atoms with Gasteiger partial charge in [-0.2, -0.15) is 0 Å². The van der Waals surface area contributed by atoms with E-state index in [9.17, 15) is 9.59 Å². The van der Waals surface area contributed by atoms with Gasteiger partial charge in [-0.25, -0.2) is 5.84 Å². The summed E-state index contributed by atoms with van der Waals surface area (Å²) in [4.78, 5) is 24.7. The number of hydrogen-bond acceptors (Lipinski definition) is 3. The van der Waals surface area contributed by atoms with Gasteiger partial charge < -0.3 is 4.98 Å². The average Bonchev–Trinajstić information content (AvgIpc) is 2.03. The molecule has 5 nitrogen and oxygen atoms in total. The third-order valence-electron chi connectivity index (χ3n) is 1.43. The predicted octanol–water partition coefficient (Wildman–Crippen LogP) is -0.713. The van der Waals surface area contributed by atoms with Crippen molar-refractivity contribution in [3.8, 4) is 0 Å². The molecule has 0 spiro atoms. The molecule has 1 amide bonds. The first kappa shape index (κ1) is 8.48. The molecule has 4 N–H and O–H groups in total. The molecular weight excluding hydrogens is 158 g/mol. The van der Waals surface area contributed by atoms with Crippen molar-refractivity contribution in [1.82, 2.24) is 10.4 Å². The first-order valence-corrected chi connectivity index (χ1v) is 3.35. The van der Waals surface area contributed by atoms with Crippen molar-refractivity contribution in [2.45, 2.75) is 6.92 Å². The van der Waals surface area contributed by atoms with Crippen LogP contribution in [0.4, 0.5) is 0 Å². The summed E-state index contributed by atoms with van der Waals surface area (Å²) in [7, 11) is 0. The van der Waals surface area contributed by atoms with E-state index in [1.165, 1.54) is 12.3 Å². The molecule has 0 saturated heterocycles. The fourth-order valence-corrected chi connectivity index (χ4v) is 0.828. The highest BCUT2D eigenvalue weighted by atomic mass is 16.2. The van der Waals surface area contributed by atoms with Gasteiger partial charge in [0, 0.05) is 18.0 Å². The van der Waals surface area contributed by atoms with Crippen molar-refractivity contribution in [1.29, 1.82) is 0 Å². The number of carbonyl (C=O) groups is 1. The monoisotopic (exact) mass is 167 g/mol. The smallest absolute Gasteiger partial charge is 0.270 e. The Labute approximate surface area is 68.6 Å². The Balaban J connectivity index is 3.19. The summed E-state index contributed by atoms with van der Waals surface area (Å²) in [6.45, 7) is 1.73. The van der Waals surface area contributed by atoms with Crippen LogP contribution in [0, 0.1) is 6.92 Å². The van der Waals surface area contributed by atoms with Gasteiger partial charge in [0.1, 0.15) is 5.56 Å². The van der Waals surface area contributed by atoms with Crippen LogP contribution in [0.15, 0.2) is 17.1 Å². The quantitative estimate of drug-likeness (QED) is 0.293. The number of aromatic amines is 1. The van der Waals surface area contributed by atoms with Gasteiger partial charge in [0.2, 0.25) is 0 Å². The van der Waals surface area contributed by atoms with Crippen LogP contribution in [-0.2, 0) is 0 Å². The fourth-order valence-electron chi connectivity index (χ4n) is 0.828. The van der Waals surface area contributed by atoms with Gasteiger partial charge in [0.05, 0.1) is 0 Å². The summed E-state index contributed by atoms with van der Waals surface area (Å²) in [5.41, 5.74) is 2.26. The minimum atomic E-state index is -0.587. The van der Waals surface area contributed by atoms with Crippen molar-refractivity contribution in [2.24, 2.45) is 5.84 Å². The van der Waals surface area contributed by atoms with Gasteiger partial charge in [0.15, 0.2) is 5.43 Å². The molecule has 0 aliphatic rings. The van der Waals surface area contributed by atoms with Crippen LogP contribution in [0.3, 0.4) is 0 Å². The molecule has 0 bridgehead atoms. The molecule has 0 unspecified atom stereocenters. The zero-order chi connectivity index (χ0) is 9.14. The lowest BCUT2D eigenvalue weighted by atomic mass is 10.2. The lowest BCUT2D eigenvalue weighted by molar-refractivity contribution is 0.0952. The van der Waals surface area contributed by atoms with E-state index in [1.807, 2.05) is 5.43 Å². The van der Waals surface area contributed by atoms with Crippen LogP contribution in [0.1, 0.15) is 16.1 Å². The summed E-state index contributed by atoms with van der Waals surface area (Å²) >= 11 is 0. The van der Waals surface area contributed by atoms with Gasteiger partial charge in [0.25, 0.3) is 5.91 Å². The summed E-state index contributed by atoms with van der Waals surface area (Å²) in [6, 6.07) is 1.34. The zero-order valence-corrected chi connectivity index (χ0v) is 6.55. The molecular formula is C7H9N3O2. The number of hydrogen-bond donors (Lipinski definition) is 3. The predicted molar refractivity (Wildman–Crippen MR) is 43.5 cm³/mol. The highest BCUT2D eigenvalue weighted by molar-refractivity contribution is 5.93. The maximum Gasteiger partial charge on any atom is 0.270 e. The molecule has 0 saturated carbocycles. The number of aromatic nitrogens is 1. The summed E-state index contributed by atoms with van der Waals surface area (Å²) in [5, 5.41) is 0. The van der Waals surface area contributed by atoms with E-state index in [1.54, 1.807) is 6.92 Å². The van der Waals surface area contributed by atoms with Gasteiger partial charge in [-0.15, -0.1) is 0 Å². The third kappa shape index (κ3) is 1.51. The Morgan fingerprint density at radius 3 is 2.83 bits per heavy atom. The lowest BCUT2D eigenvalue weighted by Gasteiger charge is -1.98. The Hall–Kier alpha value is -1.62. The number of carbonyl (C=O) groups excluding carboxylic acids is 1. The summed E-state index contributed by atoms with van der Waals surface area (Å²) in [5.74, 6) is 4.27. The highest BCUT2D eigenvalue weighted by Crippen LogP contribution is 1.90. The Morgan fingerprint density at radius 2 is 2.33 bits per heavy atom. The van der Waals surface area contributed by atoms with Crippen LogP contribution in [0.25, 0.3) is 0 Å². The third-order valence-corrected chi connectivity index (χ3v) is 1.43. The molecule has 0 aliphatic heterocycles. The number of pyridine rings is 1. The van der Waals surface area contributed by atoms with Crippen molar-refractivity contribution in [3.63, 3.8) is 0 Å². The number of rotatable bonds is 1. The molecule has 1 aromatic heterocycles. The normalized spacial score (nSPS) is 9.50. The Kier molecular flexibility index (Phi) is 2.25. The molecule has 5 heteroatoms. The largest absolute Gasteiger partial charge is 0.364 e. The minimum absolute atomic E-state index is 0.0168. The Morgan fingerprint density at radius 1 is 1.67 bits per heavy atom. The zero-order valence-electron chi connectivity index (χ0n) is 6.55. The average molecular weight is 167 g/mol. The van der Waals surface area contributed by atoms with Crippen molar-refractivity contribution < 1.29 is 4.79 Å². The SMILES string of the molecule is Cc1cc(=O)c(C(=O)NN)c[nH]1. The number of H-pyrrole nitrogens is 1. The van der Waals surface area contributed by atoms with E-state index in [-0.39, 0.29) is 11.0 Å². The molecule has 1 rings (SSSR count). The first-order chi connectivity index (χ1) is 5.65. The van der Waals surface area contributed by atoms with Crippen LogP contribution < -0.4 is 16.7 Å². The number of hydrazine groups is 1. The molecule has 0 radical (unpaired) electrons. The molecule has 0 fully saturated rings. The minimum Gasteiger partial charge on any atom is -0.364 e. The molecule has 0 atom stereocenters. The number of amides is 1. The standard InChI is InChI=1S/C7H9N3O2/c1-4-2-6(11)5(3-9-4)7(12)10-8/h2-3H,8H2,1H3,(H,9,11)(H,10,12). The van der Waals surface area contributed by atoms with Crippen molar-refractivity contribution in [2.75, 3.05) is 0 Å². The van der Waals surface area contributed by atoms with Gasteiger partial charge in [-0.3, -0.25) is 15.0 Å². The van der Waals surface area contributed by atoms with E-state index in [0.29, 0.717) is 5.69 Å². The van der Waals surface area contributed by atoms with Gasteiger partial charge in [-0.1, -0.05) is 0 Å². The number of aryl methyl sites for hydroxylation is 1. The Bertz CT molecular complexity index is 356. The van der Waals surface area contributed by atoms with E-state index >= 15 is 0 Å². The molecule has 0 aromatic carbocycles. The van der Waals surface area contributed by atoms with Crippen LogP contribution in [0.5, 0.6) is 0 Å². The topological polar surface area (TPSA) is 88.0 Å². The van der Waals surface area contributed by atoms with Crippen LogP contribution in [-0.4, -0.2) is 10.9 Å². The molecule has 1 aromatic rings. The highest BCUT2D eigenvalue weighted by Gasteiger charge is 2.07. The van der Waals surface area contributed by atoms with Crippen LogP contribution in [0.2, 0.25) is 0 Å². The lowest BCUT2D eigenvalue weighted by Crippen LogP contribution is -2.33. The van der Waals surface area contributed by atoms with Crippen molar-refractivity contribution in [3.05, 3.63) is 33.7 Å². The number of nitrogens with one attached hydrogen (secondary N) is 2. The molecule has 0 aliphatic carbocycles. The second kappa shape index (κ2) is 3.19. The van der Waals surface area contributed by atoms with E-state index in [4.69, 9.17) is 5.84 Å². The summed E-state index contributed by atoms with van der Waals surface area (Å²) in [6.07, 6.45) is 1.33. The second-order valence-electron chi connectivity index (χ2n) is 2.37. The van der Waals surface area contributed by atoms with E-state index in [2.05, 4.69) is 4.98 Å². The van der Waals surface area contributed by atoms with E-state index in [0.717, 1.165) is 0 Å².